The molecule has 106 valence electrons. The summed E-state index contributed by atoms with van der Waals surface area (Å²) in [5.41, 5.74) is 5.71. The number of nitrogens with zero attached hydrogens (tertiary/aromatic N) is 2. The maximum absolute atomic E-state index is 5.71. The van der Waals surface area contributed by atoms with Gasteiger partial charge in [-0.05, 0) is 25.7 Å². The molecule has 5 heteroatoms. The monoisotopic (exact) mass is 263 g/mol. The molecule has 5 nitrogen and oxygen atoms in total. The van der Waals surface area contributed by atoms with Crippen LogP contribution in [-0.4, -0.2) is 29.1 Å². The molecular formula is C14H25N5. The van der Waals surface area contributed by atoms with Crippen molar-refractivity contribution >= 4 is 11.6 Å². The van der Waals surface area contributed by atoms with Crippen molar-refractivity contribution in [2.24, 2.45) is 11.7 Å². The first-order valence-electron chi connectivity index (χ1n) is 7.29. The van der Waals surface area contributed by atoms with Crippen molar-refractivity contribution in [3.8, 4) is 0 Å². The third-order valence-electron chi connectivity index (χ3n) is 3.66. The molecule has 1 saturated carbocycles. The molecule has 1 aliphatic carbocycles. The third kappa shape index (κ3) is 5.03. The fourth-order valence-electron chi connectivity index (χ4n) is 2.16. The zero-order chi connectivity index (χ0) is 13.5. The highest BCUT2D eigenvalue weighted by Gasteiger charge is 2.16. The first-order valence-corrected chi connectivity index (χ1v) is 7.29. The van der Waals surface area contributed by atoms with E-state index in [-0.39, 0.29) is 6.04 Å². The molecule has 19 heavy (non-hydrogen) atoms. The summed E-state index contributed by atoms with van der Waals surface area (Å²) in [7, 11) is 0. The number of rotatable bonds is 8. The van der Waals surface area contributed by atoms with Crippen LogP contribution in [0.2, 0.25) is 0 Å². The predicted molar refractivity (Wildman–Crippen MR) is 79.2 cm³/mol. The molecule has 2 rings (SSSR count). The van der Waals surface area contributed by atoms with Gasteiger partial charge in [0.15, 0.2) is 0 Å². The van der Waals surface area contributed by atoms with Gasteiger partial charge in [-0.2, -0.15) is 0 Å². The Morgan fingerprint density at radius 2 is 1.95 bits per heavy atom. The van der Waals surface area contributed by atoms with Crippen molar-refractivity contribution < 1.29 is 0 Å². The van der Waals surface area contributed by atoms with Crippen LogP contribution in [0, 0.1) is 5.92 Å². The zero-order valence-corrected chi connectivity index (χ0v) is 11.7. The van der Waals surface area contributed by atoms with E-state index in [1.165, 1.54) is 25.7 Å². The van der Waals surface area contributed by atoms with Gasteiger partial charge < -0.3 is 16.4 Å². The minimum Gasteiger partial charge on any atom is -0.370 e. The van der Waals surface area contributed by atoms with E-state index in [4.69, 9.17) is 5.73 Å². The molecule has 4 N–H and O–H groups in total. The van der Waals surface area contributed by atoms with E-state index in [1.54, 1.807) is 6.33 Å². The largest absolute Gasteiger partial charge is 0.370 e. The lowest BCUT2D eigenvalue weighted by Gasteiger charge is -2.25. The Balaban J connectivity index is 1.71. The second kappa shape index (κ2) is 7.28. The molecule has 1 aliphatic rings. The third-order valence-corrected chi connectivity index (χ3v) is 3.66. The summed E-state index contributed by atoms with van der Waals surface area (Å²) in [4.78, 5) is 8.44. The van der Waals surface area contributed by atoms with Crippen LogP contribution in [0.1, 0.15) is 39.0 Å². The molecule has 1 fully saturated rings. The first kappa shape index (κ1) is 14.1. The van der Waals surface area contributed by atoms with Crippen LogP contribution in [0.3, 0.4) is 0 Å². The van der Waals surface area contributed by atoms with Gasteiger partial charge in [0.1, 0.15) is 18.0 Å². The van der Waals surface area contributed by atoms with Crippen LogP contribution in [0.15, 0.2) is 12.4 Å². The molecular weight excluding hydrogens is 238 g/mol. The van der Waals surface area contributed by atoms with E-state index >= 15 is 0 Å². The molecule has 0 spiro atoms. The summed E-state index contributed by atoms with van der Waals surface area (Å²) >= 11 is 0. The first-order chi connectivity index (χ1) is 9.24. The van der Waals surface area contributed by atoms with Gasteiger partial charge >= 0.3 is 0 Å². The lowest BCUT2D eigenvalue weighted by atomic mass is 9.83. The number of nitrogens with one attached hydrogen (secondary N) is 2. The van der Waals surface area contributed by atoms with Crippen LogP contribution in [0.5, 0.6) is 0 Å². The average molecular weight is 263 g/mol. The van der Waals surface area contributed by atoms with Crippen molar-refractivity contribution in [1.82, 2.24) is 9.97 Å². The molecule has 1 aromatic heterocycles. The smallest absolute Gasteiger partial charge is 0.131 e. The highest BCUT2D eigenvalue weighted by atomic mass is 15.1. The summed E-state index contributed by atoms with van der Waals surface area (Å²) in [6.07, 6.45) is 7.99. The van der Waals surface area contributed by atoms with Gasteiger partial charge in [-0.3, -0.25) is 0 Å². The summed E-state index contributed by atoms with van der Waals surface area (Å²) in [6, 6.07) is 2.18. The number of hydrogen-bond donors (Lipinski definition) is 3. The maximum Gasteiger partial charge on any atom is 0.131 e. The molecule has 0 bridgehead atoms. The Morgan fingerprint density at radius 1 is 1.26 bits per heavy atom. The molecule has 1 aromatic rings. The van der Waals surface area contributed by atoms with Gasteiger partial charge in [0, 0.05) is 25.2 Å². The number of hydrogen-bond acceptors (Lipinski definition) is 5. The molecule has 0 saturated heterocycles. The minimum atomic E-state index is 0.217. The van der Waals surface area contributed by atoms with E-state index in [0.717, 1.165) is 37.1 Å². The Hall–Kier alpha value is -1.36. The Kier molecular flexibility index (Phi) is 5.39. The molecule has 1 unspecified atom stereocenters. The van der Waals surface area contributed by atoms with Crippen LogP contribution >= 0.6 is 0 Å². The summed E-state index contributed by atoms with van der Waals surface area (Å²) in [5.74, 6) is 2.69. The van der Waals surface area contributed by atoms with E-state index in [2.05, 4.69) is 20.6 Å². The van der Waals surface area contributed by atoms with Crippen molar-refractivity contribution in [2.75, 3.05) is 23.7 Å². The van der Waals surface area contributed by atoms with Gasteiger partial charge in [-0.15, -0.1) is 0 Å². The van der Waals surface area contributed by atoms with Gasteiger partial charge in [-0.25, -0.2) is 9.97 Å². The minimum absolute atomic E-state index is 0.217. The average Bonchev–Trinajstić information content (AvgIpc) is 2.32. The molecule has 0 amide bonds. The summed E-state index contributed by atoms with van der Waals surface area (Å²) < 4.78 is 0. The molecule has 0 aromatic carbocycles. The fraction of sp³-hybridized carbons (Fsp3) is 0.714. The van der Waals surface area contributed by atoms with Crippen molar-refractivity contribution in [1.29, 1.82) is 0 Å². The topological polar surface area (TPSA) is 75.9 Å². The predicted octanol–water partition coefficient (Wildman–Crippen LogP) is 2.23. The highest BCUT2D eigenvalue weighted by Crippen LogP contribution is 2.29. The quantitative estimate of drug-likeness (QED) is 0.670. The van der Waals surface area contributed by atoms with E-state index in [1.807, 2.05) is 13.0 Å². The van der Waals surface area contributed by atoms with Gasteiger partial charge in [0.2, 0.25) is 0 Å². The molecule has 1 heterocycles. The van der Waals surface area contributed by atoms with E-state index in [9.17, 15) is 0 Å². The second-order valence-corrected chi connectivity index (χ2v) is 5.49. The highest BCUT2D eigenvalue weighted by molar-refractivity contribution is 5.46. The van der Waals surface area contributed by atoms with E-state index < -0.39 is 0 Å². The molecule has 0 radical (unpaired) electrons. The summed E-state index contributed by atoms with van der Waals surface area (Å²) in [6.45, 7) is 3.85. The Bertz CT molecular complexity index is 376. The van der Waals surface area contributed by atoms with Crippen LogP contribution in [-0.2, 0) is 0 Å². The standard InChI is InChI=1S/C14H25N5/c1-11(15)5-7-16-13-9-14(19-10-18-13)17-8-6-12-3-2-4-12/h9-12H,2-8,15H2,1H3,(H2,16,17,18,19). The SMILES string of the molecule is CC(N)CCNc1cc(NCCC2CCC2)ncn1. The molecule has 0 aliphatic heterocycles. The van der Waals surface area contributed by atoms with Crippen molar-refractivity contribution in [3.05, 3.63) is 12.4 Å². The zero-order valence-electron chi connectivity index (χ0n) is 11.7. The maximum atomic E-state index is 5.71. The number of aromatic nitrogens is 2. The van der Waals surface area contributed by atoms with Gasteiger partial charge in [0.05, 0.1) is 0 Å². The fourth-order valence-corrected chi connectivity index (χ4v) is 2.16. The lowest BCUT2D eigenvalue weighted by molar-refractivity contribution is 0.303. The van der Waals surface area contributed by atoms with Crippen LogP contribution < -0.4 is 16.4 Å². The number of anilines is 2. The van der Waals surface area contributed by atoms with Gasteiger partial charge in [-0.1, -0.05) is 19.3 Å². The molecule has 1 atom stereocenters. The van der Waals surface area contributed by atoms with Crippen molar-refractivity contribution in [2.45, 2.75) is 45.1 Å². The Labute approximate surface area is 115 Å². The summed E-state index contributed by atoms with van der Waals surface area (Å²) in [5, 5.41) is 6.63. The van der Waals surface area contributed by atoms with Crippen molar-refractivity contribution in [3.63, 3.8) is 0 Å². The van der Waals surface area contributed by atoms with Crippen LogP contribution in [0.4, 0.5) is 11.6 Å². The van der Waals surface area contributed by atoms with Gasteiger partial charge in [0.25, 0.3) is 0 Å². The Morgan fingerprint density at radius 3 is 2.53 bits per heavy atom. The lowest BCUT2D eigenvalue weighted by Crippen LogP contribution is -2.19. The van der Waals surface area contributed by atoms with Crippen LogP contribution in [0.25, 0.3) is 0 Å². The second-order valence-electron chi connectivity index (χ2n) is 5.49. The normalized spacial score (nSPS) is 16.7. The number of nitrogens with two attached hydrogens (primary N) is 1. The van der Waals surface area contributed by atoms with E-state index in [0.29, 0.717) is 0 Å².